The summed E-state index contributed by atoms with van der Waals surface area (Å²) >= 11 is 5.73. The van der Waals surface area contributed by atoms with Gasteiger partial charge >= 0.3 is 0 Å². The van der Waals surface area contributed by atoms with Crippen LogP contribution in [0.2, 0.25) is 5.02 Å². The second kappa shape index (κ2) is 4.33. The van der Waals surface area contributed by atoms with Gasteiger partial charge in [-0.1, -0.05) is 11.6 Å². The van der Waals surface area contributed by atoms with Crippen LogP contribution in [0.5, 0.6) is 5.75 Å². The predicted molar refractivity (Wildman–Crippen MR) is 55.2 cm³/mol. The van der Waals surface area contributed by atoms with Crippen LogP contribution >= 0.6 is 11.6 Å². The molecule has 1 aliphatic heterocycles. The molecule has 14 heavy (non-hydrogen) atoms. The summed E-state index contributed by atoms with van der Waals surface area (Å²) in [6.45, 7) is 1.79. The molecule has 0 saturated heterocycles. The Morgan fingerprint density at radius 3 is 2.79 bits per heavy atom. The molecule has 0 bridgehead atoms. The van der Waals surface area contributed by atoms with Crippen LogP contribution in [0.3, 0.4) is 0 Å². The molecule has 0 aliphatic carbocycles. The predicted octanol–water partition coefficient (Wildman–Crippen LogP) is 2.15. The van der Waals surface area contributed by atoms with Crippen molar-refractivity contribution in [3.63, 3.8) is 0 Å². The van der Waals surface area contributed by atoms with Gasteiger partial charge < -0.3 is 9.47 Å². The molecular weight excluding hydrogens is 202 g/mol. The number of halogens is 1. The normalized spacial score (nSPS) is 14.8. The van der Waals surface area contributed by atoms with Gasteiger partial charge in [-0.2, -0.15) is 0 Å². The molecule has 0 amide bonds. The summed E-state index contributed by atoms with van der Waals surface area (Å²) in [5.41, 5.74) is 0. The van der Waals surface area contributed by atoms with Crippen LogP contribution in [0.15, 0.2) is 29.3 Å². The van der Waals surface area contributed by atoms with Crippen LogP contribution < -0.4 is 4.74 Å². The Morgan fingerprint density at radius 1 is 1.36 bits per heavy atom. The Morgan fingerprint density at radius 2 is 2.14 bits per heavy atom. The lowest BCUT2D eigenvalue weighted by Gasteiger charge is -2.05. The Balaban J connectivity index is 1.88. The van der Waals surface area contributed by atoms with Gasteiger partial charge in [0.2, 0.25) is 5.90 Å². The fraction of sp³-hybridized carbons (Fsp3) is 0.300. The highest BCUT2D eigenvalue weighted by atomic mass is 35.5. The molecule has 1 heterocycles. The van der Waals surface area contributed by atoms with E-state index in [0.717, 1.165) is 12.3 Å². The van der Waals surface area contributed by atoms with Crippen LogP contribution in [-0.2, 0) is 4.74 Å². The molecule has 0 unspecified atom stereocenters. The summed E-state index contributed by atoms with van der Waals surface area (Å²) in [4.78, 5) is 4.11. The van der Waals surface area contributed by atoms with Crippen molar-refractivity contribution in [3.05, 3.63) is 29.3 Å². The summed E-state index contributed by atoms with van der Waals surface area (Å²) in [6.07, 6.45) is 0. The Kier molecular flexibility index (Phi) is 2.89. The molecule has 3 nitrogen and oxygen atoms in total. The summed E-state index contributed by atoms with van der Waals surface area (Å²) < 4.78 is 10.6. The molecule has 74 valence electrons. The number of hydrogen-bond donors (Lipinski definition) is 0. The van der Waals surface area contributed by atoms with Gasteiger partial charge in [0.05, 0.1) is 6.54 Å². The highest BCUT2D eigenvalue weighted by molar-refractivity contribution is 6.30. The molecule has 0 atom stereocenters. The summed E-state index contributed by atoms with van der Waals surface area (Å²) in [7, 11) is 0. The van der Waals surface area contributed by atoms with Crippen molar-refractivity contribution in [3.8, 4) is 5.75 Å². The molecule has 0 N–H and O–H groups in total. The van der Waals surface area contributed by atoms with Crippen LogP contribution in [0, 0.1) is 0 Å². The number of benzene rings is 1. The third-order valence-electron chi connectivity index (χ3n) is 1.82. The van der Waals surface area contributed by atoms with Crippen LogP contribution in [0.4, 0.5) is 0 Å². The van der Waals surface area contributed by atoms with Crippen molar-refractivity contribution < 1.29 is 9.47 Å². The Labute approximate surface area is 87.3 Å². The molecule has 4 heteroatoms. The minimum absolute atomic E-state index is 0.391. The standard InChI is InChI=1S/C10H10ClNO2/c11-8-1-3-9(4-2-8)14-7-10-12-5-6-13-10/h1-4H,5-7H2. The summed E-state index contributed by atoms with van der Waals surface area (Å²) in [5, 5.41) is 0.701. The van der Waals surface area contributed by atoms with Crippen LogP contribution in [0.1, 0.15) is 0 Å². The number of nitrogens with zero attached hydrogens (tertiary/aromatic N) is 1. The van der Waals surface area contributed by atoms with Crippen molar-refractivity contribution in [1.82, 2.24) is 0 Å². The van der Waals surface area contributed by atoms with E-state index in [0.29, 0.717) is 24.1 Å². The topological polar surface area (TPSA) is 30.8 Å². The van der Waals surface area contributed by atoms with Crippen molar-refractivity contribution >= 4 is 17.5 Å². The molecule has 0 fully saturated rings. The van der Waals surface area contributed by atoms with E-state index in [1.165, 1.54) is 0 Å². The van der Waals surface area contributed by atoms with Gasteiger partial charge in [-0.3, -0.25) is 0 Å². The molecule has 1 aliphatic rings. The molecule has 0 aromatic heterocycles. The smallest absolute Gasteiger partial charge is 0.222 e. The first-order valence-electron chi connectivity index (χ1n) is 4.39. The maximum Gasteiger partial charge on any atom is 0.222 e. The number of rotatable bonds is 3. The second-order valence-corrected chi connectivity index (χ2v) is 3.30. The van der Waals surface area contributed by atoms with Gasteiger partial charge in [0.1, 0.15) is 12.4 Å². The first-order chi connectivity index (χ1) is 6.84. The molecule has 2 rings (SSSR count). The third-order valence-corrected chi connectivity index (χ3v) is 2.08. The van der Waals surface area contributed by atoms with Gasteiger partial charge in [-0.15, -0.1) is 0 Å². The zero-order valence-corrected chi connectivity index (χ0v) is 8.33. The average molecular weight is 212 g/mol. The molecule has 1 aromatic carbocycles. The highest BCUT2D eigenvalue weighted by Gasteiger charge is 2.07. The van der Waals surface area contributed by atoms with Gasteiger partial charge in [-0.25, -0.2) is 4.99 Å². The molecular formula is C10H10ClNO2. The average Bonchev–Trinajstić information content (AvgIpc) is 2.70. The van der Waals surface area contributed by atoms with Gasteiger partial charge in [-0.05, 0) is 24.3 Å². The van der Waals surface area contributed by atoms with Gasteiger partial charge in [0.15, 0.2) is 6.61 Å². The highest BCUT2D eigenvalue weighted by Crippen LogP contribution is 2.15. The number of ether oxygens (including phenoxy) is 2. The zero-order valence-electron chi connectivity index (χ0n) is 7.57. The van der Waals surface area contributed by atoms with Crippen molar-refractivity contribution in [2.75, 3.05) is 19.8 Å². The van der Waals surface area contributed by atoms with E-state index in [4.69, 9.17) is 21.1 Å². The van der Waals surface area contributed by atoms with E-state index in [9.17, 15) is 0 Å². The first-order valence-corrected chi connectivity index (χ1v) is 4.77. The largest absolute Gasteiger partial charge is 0.484 e. The maximum atomic E-state index is 5.73. The van der Waals surface area contributed by atoms with Crippen molar-refractivity contribution in [2.45, 2.75) is 0 Å². The third kappa shape index (κ3) is 2.39. The summed E-state index contributed by atoms with van der Waals surface area (Å²) in [6, 6.07) is 7.21. The minimum Gasteiger partial charge on any atom is -0.484 e. The summed E-state index contributed by atoms with van der Waals surface area (Å²) in [5.74, 6) is 1.44. The monoisotopic (exact) mass is 211 g/mol. The number of aliphatic imine (C=N–C) groups is 1. The van der Waals surface area contributed by atoms with Crippen LogP contribution in [-0.4, -0.2) is 25.7 Å². The van der Waals surface area contributed by atoms with Gasteiger partial charge in [0.25, 0.3) is 0 Å². The van der Waals surface area contributed by atoms with Gasteiger partial charge in [0, 0.05) is 5.02 Å². The lowest BCUT2D eigenvalue weighted by atomic mass is 10.3. The van der Waals surface area contributed by atoms with E-state index in [2.05, 4.69) is 4.99 Å². The Hall–Kier alpha value is -1.22. The molecule has 0 radical (unpaired) electrons. The lowest BCUT2D eigenvalue weighted by molar-refractivity contribution is 0.293. The van der Waals surface area contributed by atoms with E-state index in [-0.39, 0.29) is 0 Å². The molecule has 0 spiro atoms. The minimum atomic E-state index is 0.391. The van der Waals surface area contributed by atoms with Crippen molar-refractivity contribution in [1.29, 1.82) is 0 Å². The lowest BCUT2D eigenvalue weighted by Crippen LogP contribution is -2.11. The SMILES string of the molecule is Clc1ccc(OCC2=NCCO2)cc1. The van der Waals surface area contributed by atoms with E-state index in [1.54, 1.807) is 12.1 Å². The zero-order chi connectivity index (χ0) is 9.80. The first kappa shape index (κ1) is 9.34. The Bertz CT molecular complexity index is 334. The fourth-order valence-corrected chi connectivity index (χ4v) is 1.27. The fourth-order valence-electron chi connectivity index (χ4n) is 1.14. The number of hydrogen-bond acceptors (Lipinski definition) is 3. The molecule has 1 aromatic rings. The van der Waals surface area contributed by atoms with Crippen LogP contribution in [0.25, 0.3) is 0 Å². The van der Waals surface area contributed by atoms with E-state index < -0.39 is 0 Å². The maximum absolute atomic E-state index is 5.73. The quantitative estimate of drug-likeness (QED) is 0.767. The second-order valence-electron chi connectivity index (χ2n) is 2.87. The van der Waals surface area contributed by atoms with E-state index in [1.807, 2.05) is 12.1 Å². The molecule has 0 saturated carbocycles. The van der Waals surface area contributed by atoms with E-state index >= 15 is 0 Å². The van der Waals surface area contributed by atoms with Crippen molar-refractivity contribution in [2.24, 2.45) is 4.99 Å².